The van der Waals surface area contributed by atoms with Crippen LogP contribution in [-0.2, 0) is 14.4 Å². The van der Waals surface area contributed by atoms with Gasteiger partial charge in [0, 0.05) is 60.4 Å². The fraction of sp³-hybridized carbons (Fsp3) is 0.308. The van der Waals surface area contributed by atoms with Crippen LogP contribution in [0.4, 0.5) is 5.69 Å². The smallest absolute Gasteiger partial charge is 0.244 e. The topological polar surface area (TPSA) is 82.8 Å². The van der Waals surface area contributed by atoms with E-state index in [1.54, 1.807) is 22.8 Å². The van der Waals surface area contributed by atoms with E-state index in [1.165, 1.54) is 11.9 Å². The number of hydrogen-bond donors (Lipinski definition) is 2. The van der Waals surface area contributed by atoms with Crippen molar-refractivity contribution in [3.63, 3.8) is 0 Å². The predicted octanol–water partition coefficient (Wildman–Crippen LogP) is 4.52. The Kier molecular flexibility index (Phi) is 5.75. The first-order chi connectivity index (χ1) is 16.2. The van der Waals surface area contributed by atoms with Crippen LogP contribution in [0.1, 0.15) is 19.4 Å². The second-order valence-electron chi connectivity index (χ2n) is 9.26. The van der Waals surface area contributed by atoms with Gasteiger partial charge < -0.3 is 10.2 Å². The number of nitrogens with one attached hydrogen (secondary N) is 1. The number of aryl methyl sites for hydroxylation is 1. The maximum Gasteiger partial charge on any atom is 0.244 e. The van der Waals surface area contributed by atoms with Crippen molar-refractivity contribution in [2.24, 2.45) is 0 Å². The molecule has 1 aliphatic rings. The lowest BCUT2D eigenvalue weighted by Gasteiger charge is -2.41. The standard InChI is InChI=1S/C26H29N5O2S/c1-17-5-10-23(34(4,32)33)11-24(17)25-15-29-30-16-21(14-28-26(25)30)20-6-8-22(9-7-20)31-18(2)12-27-13-19(31)3/h5-11,14-16,18-19,27H,12-13H2,1-4H3/p+1/t18-,19+. The zero-order valence-corrected chi connectivity index (χ0v) is 20.7. The van der Waals surface area contributed by atoms with Gasteiger partial charge in [-0.25, -0.2) is 9.50 Å². The minimum absolute atomic E-state index is 0.400. The van der Waals surface area contributed by atoms with Crippen molar-refractivity contribution in [3.05, 3.63) is 66.6 Å². The van der Waals surface area contributed by atoms with Gasteiger partial charge in [0.2, 0.25) is 10.2 Å². The molecule has 3 atom stereocenters. The third kappa shape index (κ3) is 4.13. The number of aromatic nitrogens is 3. The molecule has 176 valence electrons. The van der Waals surface area contributed by atoms with Gasteiger partial charge in [-0.1, -0.05) is 22.4 Å². The van der Waals surface area contributed by atoms with Gasteiger partial charge in [-0.2, -0.15) is 9.65 Å². The monoisotopic (exact) mass is 476 g/mol. The highest BCUT2D eigenvalue weighted by Crippen LogP contribution is 2.31. The van der Waals surface area contributed by atoms with Crippen molar-refractivity contribution >= 4 is 21.5 Å². The molecule has 1 fully saturated rings. The molecule has 2 N–H and O–H groups in total. The summed E-state index contributed by atoms with van der Waals surface area (Å²) in [5.74, 6) is 0. The minimum atomic E-state index is -3.05. The Bertz CT molecular complexity index is 1380. The van der Waals surface area contributed by atoms with Gasteiger partial charge in [-0.3, -0.25) is 0 Å². The van der Waals surface area contributed by atoms with E-state index in [9.17, 15) is 8.76 Å². The maximum atomic E-state index is 12.2. The summed E-state index contributed by atoms with van der Waals surface area (Å²) in [5.41, 5.74) is 6.70. The van der Waals surface area contributed by atoms with Crippen LogP contribution in [-0.4, -0.2) is 50.6 Å². The second kappa shape index (κ2) is 8.61. The van der Waals surface area contributed by atoms with Crippen molar-refractivity contribution < 1.29 is 8.76 Å². The molecule has 0 radical (unpaired) electrons. The normalized spacial score (nSPS) is 20.4. The molecular formula is C26H30N5O2S+. The summed E-state index contributed by atoms with van der Waals surface area (Å²) in [7, 11) is -3.05. The van der Waals surface area contributed by atoms with E-state index in [0.29, 0.717) is 22.6 Å². The summed E-state index contributed by atoms with van der Waals surface area (Å²) in [6, 6.07) is 14.9. The molecule has 3 heterocycles. The first kappa shape index (κ1) is 22.7. The van der Waals surface area contributed by atoms with Crippen LogP contribution >= 0.6 is 0 Å². The Balaban J connectivity index is 1.47. The first-order valence-electron chi connectivity index (χ1n) is 11.5. The molecule has 2 aromatic carbocycles. The van der Waals surface area contributed by atoms with Crippen LogP contribution in [0.2, 0.25) is 0 Å². The number of piperazine rings is 1. The molecule has 0 amide bonds. The number of nitrogens with zero attached hydrogens (tertiary/aromatic N) is 4. The average Bonchev–Trinajstić information content (AvgIpc) is 3.22. The predicted molar refractivity (Wildman–Crippen MR) is 138 cm³/mol. The number of benzene rings is 2. The van der Waals surface area contributed by atoms with E-state index in [2.05, 4.69) is 53.4 Å². The highest BCUT2D eigenvalue weighted by molar-refractivity contribution is 7.97. The first-order valence-corrected chi connectivity index (χ1v) is 13.4. The van der Waals surface area contributed by atoms with E-state index in [1.807, 2.05) is 25.4 Å². The van der Waals surface area contributed by atoms with E-state index >= 15 is 0 Å². The van der Waals surface area contributed by atoms with Gasteiger partial charge >= 0.3 is 0 Å². The molecule has 4 aromatic rings. The lowest BCUT2D eigenvalue weighted by Crippen LogP contribution is -2.55. The third-order valence-corrected chi connectivity index (χ3v) is 7.75. The van der Waals surface area contributed by atoms with Crippen LogP contribution in [0.5, 0.6) is 0 Å². The maximum absolute atomic E-state index is 12.2. The van der Waals surface area contributed by atoms with E-state index in [-0.39, 0.29) is 0 Å². The zero-order valence-electron chi connectivity index (χ0n) is 19.9. The summed E-state index contributed by atoms with van der Waals surface area (Å²) < 4.78 is 23.9. The molecule has 0 spiro atoms. The highest BCUT2D eigenvalue weighted by Gasteiger charge is 2.25. The van der Waals surface area contributed by atoms with Crippen LogP contribution in [0.15, 0.2) is 66.0 Å². The molecule has 0 saturated carbocycles. The molecule has 34 heavy (non-hydrogen) atoms. The fourth-order valence-electron chi connectivity index (χ4n) is 4.81. The van der Waals surface area contributed by atoms with Gasteiger partial charge in [-0.15, -0.1) is 0 Å². The summed E-state index contributed by atoms with van der Waals surface area (Å²) in [5, 5.41) is 8.01. The average molecular weight is 477 g/mol. The highest BCUT2D eigenvalue weighted by atomic mass is 32.3. The van der Waals surface area contributed by atoms with Crippen molar-refractivity contribution in [1.29, 1.82) is 0 Å². The van der Waals surface area contributed by atoms with Gasteiger partial charge in [0.05, 0.1) is 6.20 Å². The molecule has 1 saturated heterocycles. The summed E-state index contributed by atoms with van der Waals surface area (Å²) in [4.78, 5) is 7.58. The van der Waals surface area contributed by atoms with E-state index in [0.717, 1.165) is 40.9 Å². The zero-order chi connectivity index (χ0) is 24.0. The molecule has 5 rings (SSSR count). The molecule has 1 unspecified atom stereocenters. The molecule has 7 nitrogen and oxygen atoms in total. The number of fused-ring (bicyclic) bond motifs is 1. The molecular weight excluding hydrogens is 446 g/mol. The molecule has 1 aliphatic heterocycles. The Morgan fingerprint density at radius 3 is 2.38 bits per heavy atom. The molecule has 0 aliphatic carbocycles. The number of rotatable bonds is 4. The number of hydrogen-bond acceptors (Lipinski definition) is 5. The van der Waals surface area contributed by atoms with E-state index in [4.69, 9.17) is 4.98 Å². The SMILES string of the molecule is Cc1ccc([S+](C)(=O)O)cc1-c1cnn2cc(-c3ccc(N4[C@H](C)CNC[C@@H]4C)cc3)cnc12. The lowest BCUT2D eigenvalue weighted by atomic mass is 10.0. The Labute approximate surface area is 201 Å². The van der Waals surface area contributed by atoms with Gasteiger partial charge in [0.25, 0.3) is 0 Å². The van der Waals surface area contributed by atoms with Crippen LogP contribution in [0.3, 0.4) is 0 Å². The van der Waals surface area contributed by atoms with Gasteiger partial charge in [0.15, 0.2) is 10.5 Å². The second-order valence-corrected chi connectivity index (χ2v) is 11.3. The summed E-state index contributed by atoms with van der Waals surface area (Å²) >= 11 is 0. The lowest BCUT2D eigenvalue weighted by molar-refractivity contribution is 0.432. The van der Waals surface area contributed by atoms with Crippen LogP contribution in [0, 0.1) is 6.92 Å². The third-order valence-electron chi connectivity index (χ3n) is 6.62. The Morgan fingerprint density at radius 2 is 1.71 bits per heavy atom. The largest absolute Gasteiger partial charge is 0.364 e. The summed E-state index contributed by atoms with van der Waals surface area (Å²) in [6.45, 7) is 8.46. The fourth-order valence-corrected chi connectivity index (χ4v) is 5.46. The van der Waals surface area contributed by atoms with Crippen LogP contribution in [0.25, 0.3) is 27.9 Å². The Morgan fingerprint density at radius 1 is 1.00 bits per heavy atom. The van der Waals surface area contributed by atoms with Crippen molar-refractivity contribution in [2.45, 2.75) is 37.8 Å². The molecule has 2 aromatic heterocycles. The van der Waals surface area contributed by atoms with Crippen molar-refractivity contribution in [3.8, 4) is 22.3 Å². The van der Waals surface area contributed by atoms with Crippen molar-refractivity contribution in [1.82, 2.24) is 19.9 Å². The quantitative estimate of drug-likeness (QED) is 0.422. The molecule has 0 bridgehead atoms. The Hall–Kier alpha value is -3.07. The van der Waals surface area contributed by atoms with Gasteiger partial charge in [0.1, 0.15) is 6.26 Å². The van der Waals surface area contributed by atoms with Gasteiger partial charge in [-0.05, 0) is 55.7 Å². The van der Waals surface area contributed by atoms with E-state index < -0.39 is 10.2 Å². The van der Waals surface area contributed by atoms with Crippen LogP contribution < -0.4 is 10.2 Å². The van der Waals surface area contributed by atoms with Crippen molar-refractivity contribution in [2.75, 3.05) is 24.2 Å². The minimum Gasteiger partial charge on any atom is -0.364 e. The molecule has 8 heteroatoms. The number of anilines is 1. The summed E-state index contributed by atoms with van der Waals surface area (Å²) in [6.07, 6.45) is 6.94.